The number of halogens is 3. The van der Waals surface area contributed by atoms with Crippen molar-refractivity contribution >= 4 is 14.7 Å². The Morgan fingerprint density at radius 2 is 1.67 bits per heavy atom. The molecule has 0 nitrogen and oxygen atoms in total. The van der Waals surface area contributed by atoms with Crippen LogP contribution < -0.4 is 0 Å². The van der Waals surface area contributed by atoms with Crippen molar-refractivity contribution in [3.63, 3.8) is 0 Å². The predicted octanol–water partition coefficient (Wildman–Crippen LogP) is 2.40. The van der Waals surface area contributed by atoms with Crippen LogP contribution in [-0.4, -0.2) is 20.8 Å². The fourth-order valence-corrected chi connectivity index (χ4v) is 1.21. The van der Waals surface area contributed by atoms with Crippen molar-refractivity contribution in [3.05, 3.63) is 10.9 Å². The van der Waals surface area contributed by atoms with Gasteiger partial charge in [-0.2, -0.15) is 0 Å². The second kappa shape index (κ2) is 3.31. The van der Waals surface area contributed by atoms with Crippen LogP contribution in [0.5, 0.6) is 0 Å². The molecule has 0 aromatic heterocycles. The molecule has 0 aliphatic carbocycles. The summed E-state index contributed by atoms with van der Waals surface area (Å²) in [5.74, 6) is 0. The van der Waals surface area contributed by atoms with Crippen LogP contribution in [0.1, 0.15) is 0 Å². The summed E-state index contributed by atoms with van der Waals surface area (Å²) in [7, 11) is 0. The number of allylic oxidation sites excluding steroid dienone is 1. The Hall–Kier alpha value is 0.0884. The zero-order chi connectivity index (χ0) is 7.49. The van der Waals surface area contributed by atoms with E-state index in [1.54, 1.807) is 0 Å². The second-order valence-corrected chi connectivity index (χ2v) is 6.49. The van der Waals surface area contributed by atoms with E-state index in [-0.39, 0.29) is 0 Å². The van der Waals surface area contributed by atoms with Gasteiger partial charge in [0.25, 0.3) is 0 Å². The molecule has 0 aromatic carbocycles. The quantitative estimate of drug-likeness (QED) is 0.570. The molecule has 0 unspecified atom stereocenters. The van der Waals surface area contributed by atoms with E-state index in [1.807, 2.05) is 11.4 Å². The summed E-state index contributed by atoms with van der Waals surface area (Å²) in [6.45, 7) is 0. The molecule has 0 bridgehead atoms. The first-order valence-corrected chi connectivity index (χ1v) is 7.18. The molecule has 0 N–H and O–H groups in total. The maximum absolute atomic E-state index is 11.4. The minimum absolute atomic E-state index is 0.326. The molecule has 0 saturated carbocycles. The first-order valence-electron chi connectivity index (χ1n) is 2.34. The molecular weight excluding hydrogens is 192 g/mol. The van der Waals surface area contributed by atoms with Gasteiger partial charge in [-0.15, -0.1) is 0 Å². The van der Waals surface area contributed by atoms with E-state index < -0.39 is 20.8 Å². The van der Waals surface area contributed by atoms with Gasteiger partial charge >= 0.3 is 56.4 Å². The molecule has 9 heavy (non-hydrogen) atoms. The summed E-state index contributed by atoms with van der Waals surface area (Å²) < 4.78 is 34.1. The number of alkyl halides is 3. The van der Waals surface area contributed by atoms with Gasteiger partial charge in [-0.05, 0) is 0 Å². The average molecular weight is 200 g/mol. The van der Waals surface area contributed by atoms with Crippen LogP contribution >= 0.6 is 0 Å². The van der Waals surface area contributed by atoms with Crippen molar-refractivity contribution < 1.29 is 13.2 Å². The summed E-state index contributed by atoms with van der Waals surface area (Å²) in [6.07, 6.45) is -3.79. The molecule has 4 heteroatoms. The normalized spacial score (nSPS) is 13.6. The summed E-state index contributed by atoms with van der Waals surface area (Å²) in [5, 5.41) is 0. The van der Waals surface area contributed by atoms with E-state index in [4.69, 9.17) is 0 Å². The third kappa shape index (κ3) is 8.09. The molecular formula is C5H8AsF3. The zero-order valence-electron chi connectivity index (χ0n) is 5.24. The SMILES string of the molecule is C[As](C)/C=C/C(F)(F)F. The average Bonchev–Trinajstić information content (AvgIpc) is 1.59. The first kappa shape index (κ1) is 9.09. The van der Waals surface area contributed by atoms with Crippen molar-refractivity contribution in [3.8, 4) is 0 Å². The standard InChI is InChI=1S/C5H8AsF3/c1-6(2)4-3-5(7,8)9/h3-4H,1-2H3/b4-3+. The van der Waals surface area contributed by atoms with Gasteiger partial charge in [-0.3, -0.25) is 0 Å². The maximum atomic E-state index is 11.4. The molecule has 54 valence electrons. The van der Waals surface area contributed by atoms with Gasteiger partial charge in [0.1, 0.15) is 0 Å². The Bertz CT molecular complexity index is 103. The van der Waals surface area contributed by atoms with Crippen LogP contribution in [0.2, 0.25) is 11.4 Å². The number of hydrogen-bond acceptors (Lipinski definition) is 0. The molecule has 0 atom stereocenters. The van der Waals surface area contributed by atoms with Crippen molar-refractivity contribution in [2.24, 2.45) is 0 Å². The summed E-state index contributed by atoms with van der Waals surface area (Å²) in [4.78, 5) is 1.27. The Morgan fingerprint density at radius 1 is 1.22 bits per heavy atom. The van der Waals surface area contributed by atoms with Crippen LogP contribution in [-0.2, 0) is 0 Å². The van der Waals surface area contributed by atoms with Crippen molar-refractivity contribution in [1.29, 1.82) is 0 Å². The summed E-state index contributed by atoms with van der Waals surface area (Å²) in [5.41, 5.74) is 3.68. The van der Waals surface area contributed by atoms with Gasteiger partial charge in [0.2, 0.25) is 0 Å². The fourth-order valence-electron chi connectivity index (χ4n) is 0.234. The molecule has 0 aliphatic heterocycles. The zero-order valence-corrected chi connectivity index (χ0v) is 7.11. The molecule has 0 rings (SSSR count). The van der Waals surface area contributed by atoms with E-state index in [2.05, 4.69) is 0 Å². The molecule has 0 amide bonds. The van der Waals surface area contributed by atoms with E-state index in [9.17, 15) is 13.2 Å². The third-order valence-electron chi connectivity index (χ3n) is 0.562. The van der Waals surface area contributed by atoms with Crippen molar-refractivity contribution in [2.75, 3.05) is 0 Å². The second-order valence-electron chi connectivity index (χ2n) is 1.82. The number of rotatable bonds is 1. The van der Waals surface area contributed by atoms with Crippen LogP contribution in [0.4, 0.5) is 13.2 Å². The summed E-state index contributed by atoms with van der Waals surface area (Å²) >= 11 is -1.23. The predicted molar refractivity (Wildman–Crippen MR) is 32.7 cm³/mol. The third-order valence-corrected chi connectivity index (χ3v) is 2.13. The number of hydrogen-bond donors (Lipinski definition) is 0. The van der Waals surface area contributed by atoms with Gasteiger partial charge in [0.05, 0.1) is 0 Å². The van der Waals surface area contributed by atoms with Crippen LogP contribution in [0.15, 0.2) is 10.9 Å². The Kier molecular flexibility index (Phi) is 3.34. The van der Waals surface area contributed by atoms with E-state index in [1.165, 1.54) is 4.86 Å². The Balaban J connectivity index is 3.71. The topological polar surface area (TPSA) is 0 Å². The van der Waals surface area contributed by atoms with Gasteiger partial charge < -0.3 is 0 Å². The van der Waals surface area contributed by atoms with Gasteiger partial charge in [0.15, 0.2) is 0 Å². The Labute approximate surface area is 57.0 Å². The van der Waals surface area contributed by atoms with Gasteiger partial charge in [0, 0.05) is 0 Å². The fraction of sp³-hybridized carbons (Fsp3) is 0.600. The van der Waals surface area contributed by atoms with E-state index in [0.29, 0.717) is 6.08 Å². The minimum atomic E-state index is -4.11. The van der Waals surface area contributed by atoms with Crippen LogP contribution in [0, 0.1) is 0 Å². The van der Waals surface area contributed by atoms with E-state index >= 15 is 0 Å². The van der Waals surface area contributed by atoms with E-state index in [0.717, 1.165) is 0 Å². The van der Waals surface area contributed by atoms with Gasteiger partial charge in [-0.1, -0.05) is 0 Å². The van der Waals surface area contributed by atoms with Gasteiger partial charge in [-0.25, -0.2) is 0 Å². The van der Waals surface area contributed by atoms with Crippen molar-refractivity contribution in [1.82, 2.24) is 0 Å². The monoisotopic (exact) mass is 200 g/mol. The molecule has 0 radical (unpaired) electrons. The molecule has 0 heterocycles. The van der Waals surface area contributed by atoms with Crippen LogP contribution in [0.25, 0.3) is 0 Å². The Morgan fingerprint density at radius 3 is 1.78 bits per heavy atom. The van der Waals surface area contributed by atoms with Crippen LogP contribution in [0.3, 0.4) is 0 Å². The molecule has 0 aromatic rings. The molecule has 0 aliphatic rings. The molecule has 0 fully saturated rings. The summed E-state index contributed by atoms with van der Waals surface area (Å²) in [6, 6.07) is 0. The van der Waals surface area contributed by atoms with Crippen molar-refractivity contribution in [2.45, 2.75) is 17.6 Å². The molecule has 0 spiro atoms. The molecule has 0 saturated heterocycles. The first-order chi connectivity index (χ1) is 3.92.